The van der Waals surface area contributed by atoms with Crippen molar-refractivity contribution >= 4 is 12.0 Å². The van der Waals surface area contributed by atoms with Crippen LogP contribution in [0.25, 0.3) is 11.1 Å². The molecule has 0 amide bonds. The average molecular weight is 214 g/mol. The standard InChI is InChI=1S/C13H14N2O/c1-14-12-5-3-10(4-6-12)11-7-13(9-16)15(2)8-11/h3-9,14H,1-2H3. The van der Waals surface area contributed by atoms with E-state index in [2.05, 4.69) is 5.32 Å². The van der Waals surface area contributed by atoms with Gasteiger partial charge in [0.1, 0.15) is 0 Å². The van der Waals surface area contributed by atoms with Gasteiger partial charge in [0.15, 0.2) is 6.29 Å². The molecule has 0 atom stereocenters. The van der Waals surface area contributed by atoms with E-state index in [4.69, 9.17) is 0 Å². The summed E-state index contributed by atoms with van der Waals surface area (Å²) in [6.07, 6.45) is 2.82. The quantitative estimate of drug-likeness (QED) is 0.797. The van der Waals surface area contributed by atoms with Crippen molar-refractivity contribution in [3.05, 3.63) is 42.2 Å². The van der Waals surface area contributed by atoms with Crippen LogP contribution in [0.5, 0.6) is 0 Å². The molecule has 2 aromatic rings. The third kappa shape index (κ3) is 1.84. The van der Waals surface area contributed by atoms with Gasteiger partial charge in [-0.05, 0) is 23.8 Å². The number of hydrogen-bond donors (Lipinski definition) is 1. The van der Waals surface area contributed by atoms with Gasteiger partial charge in [-0.15, -0.1) is 0 Å². The van der Waals surface area contributed by atoms with Crippen LogP contribution >= 0.6 is 0 Å². The molecule has 1 heterocycles. The maximum Gasteiger partial charge on any atom is 0.166 e. The van der Waals surface area contributed by atoms with E-state index >= 15 is 0 Å². The maximum absolute atomic E-state index is 10.7. The van der Waals surface area contributed by atoms with Crippen LogP contribution in [0.2, 0.25) is 0 Å². The van der Waals surface area contributed by atoms with Gasteiger partial charge in [0.05, 0.1) is 5.69 Å². The fraction of sp³-hybridized carbons (Fsp3) is 0.154. The lowest BCUT2D eigenvalue weighted by molar-refractivity contribution is 0.111. The van der Waals surface area contributed by atoms with Crippen LogP contribution < -0.4 is 5.32 Å². The summed E-state index contributed by atoms with van der Waals surface area (Å²) in [6, 6.07) is 10.00. The number of rotatable bonds is 3. The molecule has 0 aliphatic carbocycles. The van der Waals surface area contributed by atoms with Crippen molar-refractivity contribution in [1.29, 1.82) is 0 Å². The van der Waals surface area contributed by atoms with Crippen molar-refractivity contribution in [3.63, 3.8) is 0 Å². The Kier molecular flexibility index (Phi) is 2.77. The van der Waals surface area contributed by atoms with E-state index in [1.165, 1.54) is 0 Å². The molecule has 1 N–H and O–H groups in total. The second-order valence-electron chi connectivity index (χ2n) is 3.71. The summed E-state index contributed by atoms with van der Waals surface area (Å²) in [7, 11) is 3.76. The van der Waals surface area contributed by atoms with Gasteiger partial charge >= 0.3 is 0 Å². The molecule has 0 radical (unpaired) electrons. The van der Waals surface area contributed by atoms with E-state index in [0.29, 0.717) is 5.69 Å². The SMILES string of the molecule is CNc1ccc(-c2cc(C=O)n(C)c2)cc1. The molecule has 0 fully saturated rings. The Morgan fingerprint density at radius 2 is 1.88 bits per heavy atom. The van der Waals surface area contributed by atoms with Gasteiger partial charge in [0, 0.05) is 31.5 Å². The number of aromatic nitrogens is 1. The van der Waals surface area contributed by atoms with Crippen molar-refractivity contribution in [1.82, 2.24) is 4.57 Å². The summed E-state index contributed by atoms with van der Waals surface area (Å²) in [5, 5.41) is 3.07. The van der Waals surface area contributed by atoms with E-state index in [1.54, 1.807) is 0 Å². The highest BCUT2D eigenvalue weighted by atomic mass is 16.1. The Balaban J connectivity index is 2.38. The highest BCUT2D eigenvalue weighted by Crippen LogP contribution is 2.22. The normalized spacial score (nSPS) is 10.1. The minimum absolute atomic E-state index is 0.688. The Labute approximate surface area is 94.7 Å². The van der Waals surface area contributed by atoms with Gasteiger partial charge in [-0.2, -0.15) is 0 Å². The molecule has 0 spiro atoms. The van der Waals surface area contributed by atoms with Gasteiger partial charge < -0.3 is 9.88 Å². The molecule has 1 aromatic carbocycles. The Bertz CT molecular complexity index is 497. The first-order valence-corrected chi connectivity index (χ1v) is 5.14. The maximum atomic E-state index is 10.7. The molecule has 3 heteroatoms. The highest BCUT2D eigenvalue weighted by Gasteiger charge is 2.03. The monoisotopic (exact) mass is 214 g/mol. The van der Waals surface area contributed by atoms with Crippen LogP contribution in [0.15, 0.2) is 36.5 Å². The van der Waals surface area contributed by atoms with Crippen LogP contribution in [0.1, 0.15) is 10.5 Å². The first-order valence-electron chi connectivity index (χ1n) is 5.14. The fourth-order valence-corrected chi connectivity index (χ4v) is 1.69. The number of anilines is 1. The van der Waals surface area contributed by atoms with Crippen molar-refractivity contribution in [2.45, 2.75) is 0 Å². The first kappa shape index (κ1) is 10.5. The second-order valence-corrected chi connectivity index (χ2v) is 3.71. The van der Waals surface area contributed by atoms with Gasteiger partial charge in [-0.1, -0.05) is 12.1 Å². The zero-order valence-corrected chi connectivity index (χ0v) is 9.40. The lowest BCUT2D eigenvalue weighted by Crippen LogP contribution is -1.90. The zero-order valence-electron chi connectivity index (χ0n) is 9.40. The molecular weight excluding hydrogens is 200 g/mol. The Hall–Kier alpha value is -2.03. The number of carbonyl (C=O) groups excluding carboxylic acids is 1. The molecule has 0 aliphatic heterocycles. The predicted molar refractivity (Wildman–Crippen MR) is 65.8 cm³/mol. The molecule has 16 heavy (non-hydrogen) atoms. The molecule has 0 unspecified atom stereocenters. The second kappa shape index (κ2) is 4.23. The van der Waals surface area contributed by atoms with Crippen LogP contribution in [0, 0.1) is 0 Å². The molecule has 2 rings (SSSR count). The molecule has 0 aliphatic rings. The number of benzene rings is 1. The molecule has 1 aromatic heterocycles. The van der Waals surface area contributed by atoms with Crippen molar-refractivity contribution in [2.24, 2.45) is 7.05 Å². The topological polar surface area (TPSA) is 34.0 Å². The summed E-state index contributed by atoms with van der Waals surface area (Å²) in [4.78, 5) is 10.7. The van der Waals surface area contributed by atoms with Crippen molar-refractivity contribution in [3.8, 4) is 11.1 Å². The molecule has 0 bridgehead atoms. The van der Waals surface area contributed by atoms with Gasteiger partial charge in [0.2, 0.25) is 0 Å². The average Bonchev–Trinajstić information content (AvgIpc) is 2.71. The fourth-order valence-electron chi connectivity index (χ4n) is 1.69. The smallest absolute Gasteiger partial charge is 0.166 e. The molecule has 82 valence electrons. The molecule has 0 saturated heterocycles. The number of aldehydes is 1. The van der Waals surface area contributed by atoms with E-state index in [1.807, 2.05) is 55.2 Å². The lowest BCUT2D eigenvalue weighted by atomic mass is 10.1. The van der Waals surface area contributed by atoms with Crippen LogP contribution in [0.4, 0.5) is 5.69 Å². The first-order chi connectivity index (χ1) is 7.74. The van der Waals surface area contributed by atoms with E-state index < -0.39 is 0 Å². The summed E-state index contributed by atoms with van der Waals surface area (Å²) in [5.41, 5.74) is 3.94. The zero-order chi connectivity index (χ0) is 11.5. The third-order valence-electron chi connectivity index (χ3n) is 2.67. The largest absolute Gasteiger partial charge is 0.388 e. The predicted octanol–water partition coefficient (Wildman–Crippen LogP) is 2.55. The Morgan fingerprint density at radius 3 is 2.38 bits per heavy atom. The van der Waals surface area contributed by atoms with Crippen molar-refractivity contribution in [2.75, 3.05) is 12.4 Å². The van der Waals surface area contributed by atoms with E-state index in [-0.39, 0.29) is 0 Å². The number of carbonyl (C=O) groups is 1. The van der Waals surface area contributed by atoms with Crippen LogP contribution in [0.3, 0.4) is 0 Å². The van der Waals surface area contributed by atoms with Gasteiger partial charge in [-0.3, -0.25) is 4.79 Å². The van der Waals surface area contributed by atoms with E-state index in [0.717, 1.165) is 23.1 Å². The Morgan fingerprint density at radius 1 is 1.19 bits per heavy atom. The minimum Gasteiger partial charge on any atom is -0.388 e. The lowest BCUT2D eigenvalue weighted by Gasteiger charge is -2.01. The van der Waals surface area contributed by atoms with Gasteiger partial charge in [-0.25, -0.2) is 0 Å². The summed E-state index contributed by atoms with van der Waals surface area (Å²) < 4.78 is 1.83. The summed E-state index contributed by atoms with van der Waals surface area (Å²) in [5.74, 6) is 0. The minimum atomic E-state index is 0.688. The van der Waals surface area contributed by atoms with Crippen LogP contribution in [-0.4, -0.2) is 17.9 Å². The number of hydrogen-bond acceptors (Lipinski definition) is 2. The van der Waals surface area contributed by atoms with E-state index in [9.17, 15) is 4.79 Å². The third-order valence-corrected chi connectivity index (χ3v) is 2.67. The molecular formula is C13H14N2O. The number of nitrogens with one attached hydrogen (secondary N) is 1. The van der Waals surface area contributed by atoms with Gasteiger partial charge in [0.25, 0.3) is 0 Å². The highest BCUT2D eigenvalue weighted by molar-refractivity contribution is 5.78. The number of aryl methyl sites for hydroxylation is 1. The summed E-state index contributed by atoms with van der Waals surface area (Å²) in [6.45, 7) is 0. The number of nitrogens with zero attached hydrogens (tertiary/aromatic N) is 1. The van der Waals surface area contributed by atoms with Crippen LogP contribution in [-0.2, 0) is 7.05 Å². The molecule has 0 saturated carbocycles. The summed E-state index contributed by atoms with van der Waals surface area (Å²) >= 11 is 0. The van der Waals surface area contributed by atoms with Crippen molar-refractivity contribution < 1.29 is 4.79 Å². The molecule has 3 nitrogen and oxygen atoms in total.